The van der Waals surface area contributed by atoms with Crippen LogP contribution in [0.4, 0.5) is 0 Å². The zero-order chi connectivity index (χ0) is 36.8. The van der Waals surface area contributed by atoms with Gasteiger partial charge in [-0.05, 0) is 57.7 Å². The molecule has 0 aliphatic carbocycles. The molecule has 3 amide bonds. The zero-order valence-electron chi connectivity index (χ0n) is 30.3. The summed E-state index contributed by atoms with van der Waals surface area (Å²) in [6.45, 7) is 12.3. The fourth-order valence-corrected chi connectivity index (χ4v) is 6.88. The van der Waals surface area contributed by atoms with E-state index in [0.29, 0.717) is 23.4 Å². The summed E-state index contributed by atoms with van der Waals surface area (Å²) in [6, 6.07) is 7.63. The fraction of sp³-hybridized carbons (Fsp3) is 0.595. The van der Waals surface area contributed by atoms with Crippen LogP contribution < -0.4 is 16.0 Å². The number of piperidine rings is 1. The lowest BCUT2D eigenvalue weighted by atomic mass is 9.95. The summed E-state index contributed by atoms with van der Waals surface area (Å²) in [6.07, 6.45) is 3.81. The van der Waals surface area contributed by atoms with Gasteiger partial charge in [0.2, 0.25) is 11.8 Å². The highest BCUT2D eigenvalue weighted by atomic mass is 32.1. The smallest absolute Gasteiger partial charge is 0.306 e. The number of amides is 3. The van der Waals surface area contributed by atoms with Crippen molar-refractivity contribution in [2.45, 2.75) is 103 Å². The summed E-state index contributed by atoms with van der Waals surface area (Å²) < 4.78 is 11.2. The fourth-order valence-electron chi connectivity index (χ4n) is 6.03. The van der Waals surface area contributed by atoms with Crippen molar-refractivity contribution in [3.8, 4) is 0 Å². The number of carbonyl (C=O) groups is 4. The van der Waals surface area contributed by atoms with Gasteiger partial charge in [0.15, 0.2) is 0 Å². The van der Waals surface area contributed by atoms with E-state index in [9.17, 15) is 24.3 Å². The maximum absolute atomic E-state index is 13.8. The van der Waals surface area contributed by atoms with Gasteiger partial charge in [-0.3, -0.25) is 24.1 Å². The van der Waals surface area contributed by atoms with Crippen molar-refractivity contribution in [3.63, 3.8) is 0 Å². The monoisotopic (exact) mass is 713 g/mol. The van der Waals surface area contributed by atoms with E-state index in [1.54, 1.807) is 12.3 Å². The predicted molar refractivity (Wildman–Crippen MR) is 194 cm³/mol. The number of nitrogens with one attached hydrogen (secondary N) is 3. The maximum Gasteiger partial charge on any atom is 0.306 e. The number of methoxy groups -OCH3 is 1. The number of aliphatic carboxylic acids is 1. The quantitative estimate of drug-likeness (QED) is 0.113. The summed E-state index contributed by atoms with van der Waals surface area (Å²) in [5, 5.41) is 20.8. The summed E-state index contributed by atoms with van der Waals surface area (Å²) in [5.41, 5.74) is 1.85. The van der Waals surface area contributed by atoms with Crippen LogP contribution in [0.5, 0.6) is 0 Å². The van der Waals surface area contributed by atoms with E-state index >= 15 is 0 Å². The first-order valence-corrected chi connectivity index (χ1v) is 18.3. The third kappa shape index (κ3) is 12.3. The Labute approximate surface area is 300 Å². The highest BCUT2D eigenvalue weighted by Gasteiger charge is 2.34. The number of rotatable bonds is 20. The lowest BCUT2D eigenvalue weighted by Gasteiger charge is -2.34. The standard InChI is InChI=1S/C37H55N5O7S/c1-8-24(4)32(41-34(44)30-16-12-13-17-42(30)6)35(45)39-28(23(2)3)20-31(49-22-48-7)36-40-29(21-50-36)33(43)38-27(18-25(5)37(46)47)19-26-14-10-9-11-15-26/h9-11,14-15,21,24-25,27-28,30-32H,2,8,12-13,16-20,22H2,1,3-7H3,(H,38,43)(H,39,45)(H,41,44)(H,46,47). The predicted octanol–water partition coefficient (Wildman–Crippen LogP) is 4.72. The minimum Gasteiger partial charge on any atom is -0.481 e. The molecule has 1 aliphatic heterocycles. The molecule has 4 N–H and O–H groups in total. The molecular formula is C37H55N5O7S. The van der Waals surface area contributed by atoms with Gasteiger partial charge < -0.3 is 30.5 Å². The number of likely N-dealkylation sites (tertiary alicyclic amines) is 1. The van der Waals surface area contributed by atoms with Crippen molar-refractivity contribution in [1.82, 2.24) is 25.8 Å². The van der Waals surface area contributed by atoms with Crippen LogP contribution in [-0.4, -0.2) is 90.3 Å². The number of benzene rings is 1. The molecule has 0 bridgehead atoms. The number of thiazole rings is 1. The van der Waals surface area contributed by atoms with Gasteiger partial charge in [0, 0.05) is 25.0 Å². The second-order valence-electron chi connectivity index (χ2n) is 13.5. The number of nitrogens with zero attached hydrogens (tertiary/aromatic N) is 2. The third-order valence-corrected chi connectivity index (χ3v) is 10.3. The van der Waals surface area contributed by atoms with E-state index in [1.165, 1.54) is 18.4 Å². The second kappa shape index (κ2) is 20.3. The highest BCUT2D eigenvalue weighted by Crippen LogP contribution is 2.28. The highest BCUT2D eigenvalue weighted by molar-refractivity contribution is 7.09. The molecule has 276 valence electrons. The van der Waals surface area contributed by atoms with Gasteiger partial charge in [-0.2, -0.15) is 0 Å². The van der Waals surface area contributed by atoms with Crippen molar-refractivity contribution in [3.05, 3.63) is 64.1 Å². The SMILES string of the molecule is C=C(C)C(CC(OCOC)c1nc(C(=O)NC(Cc2ccccc2)CC(C)C(=O)O)cs1)NC(=O)C(NC(=O)C1CCCCN1C)C(C)CC. The minimum absolute atomic E-state index is 0.0463. The summed E-state index contributed by atoms with van der Waals surface area (Å²) >= 11 is 1.25. The van der Waals surface area contributed by atoms with Crippen LogP contribution in [0.15, 0.2) is 47.9 Å². The molecule has 0 radical (unpaired) electrons. The van der Waals surface area contributed by atoms with Crippen LogP contribution in [0, 0.1) is 11.8 Å². The molecule has 2 aromatic rings. The molecule has 12 nitrogen and oxygen atoms in total. The molecule has 1 aromatic carbocycles. The molecular weight excluding hydrogens is 659 g/mol. The van der Waals surface area contributed by atoms with E-state index in [0.717, 1.165) is 31.4 Å². The number of hydrogen-bond donors (Lipinski definition) is 4. The van der Waals surface area contributed by atoms with Gasteiger partial charge in [-0.15, -0.1) is 11.3 Å². The average Bonchev–Trinajstić information content (AvgIpc) is 3.59. The van der Waals surface area contributed by atoms with Crippen LogP contribution in [0.2, 0.25) is 0 Å². The van der Waals surface area contributed by atoms with Gasteiger partial charge >= 0.3 is 5.97 Å². The first-order chi connectivity index (χ1) is 23.8. The first-order valence-electron chi connectivity index (χ1n) is 17.4. The molecule has 13 heteroatoms. The van der Waals surface area contributed by atoms with Crippen LogP contribution in [0.25, 0.3) is 0 Å². The Morgan fingerprint density at radius 1 is 1.10 bits per heavy atom. The lowest BCUT2D eigenvalue weighted by Crippen LogP contribution is -2.57. The molecule has 1 saturated heterocycles. The van der Waals surface area contributed by atoms with Crippen molar-refractivity contribution in [1.29, 1.82) is 0 Å². The first kappa shape index (κ1) is 40.8. The number of likely N-dealkylation sites (N-methyl/N-ethyl adjacent to an activating group) is 1. The van der Waals surface area contributed by atoms with Crippen LogP contribution in [0.3, 0.4) is 0 Å². The largest absolute Gasteiger partial charge is 0.481 e. The van der Waals surface area contributed by atoms with Gasteiger partial charge in [-0.25, -0.2) is 4.98 Å². The molecule has 1 aliphatic rings. The Balaban J connectivity index is 1.76. The van der Waals surface area contributed by atoms with Crippen molar-refractivity contribution in [2.24, 2.45) is 11.8 Å². The number of carboxylic acid groups (broad SMARTS) is 1. The average molecular weight is 714 g/mol. The van der Waals surface area contributed by atoms with E-state index in [4.69, 9.17) is 9.47 Å². The van der Waals surface area contributed by atoms with Crippen molar-refractivity contribution in [2.75, 3.05) is 27.5 Å². The summed E-state index contributed by atoms with van der Waals surface area (Å²) in [7, 11) is 3.44. The number of hydrogen-bond acceptors (Lipinski definition) is 9. The molecule has 50 heavy (non-hydrogen) atoms. The normalized spacial score (nSPS) is 18.6. The van der Waals surface area contributed by atoms with E-state index in [-0.39, 0.29) is 49.1 Å². The minimum atomic E-state index is -0.930. The lowest BCUT2D eigenvalue weighted by molar-refractivity contribution is -0.141. The van der Waals surface area contributed by atoms with E-state index in [1.807, 2.05) is 63.1 Å². The Morgan fingerprint density at radius 3 is 2.44 bits per heavy atom. The van der Waals surface area contributed by atoms with E-state index < -0.39 is 42.0 Å². The van der Waals surface area contributed by atoms with Crippen LogP contribution >= 0.6 is 11.3 Å². The molecule has 7 unspecified atom stereocenters. The topological polar surface area (TPSA) is 159 Å². The summed E-state index contributed by atoms with van der Waals surface area (Å²) in [5.74, 6) is -2.56. The molecule has 1 fully saturated rings. The molecule has 0 spiro atoms. The molecule has 2 heterocycles. The Bertz CT molecular complexity index is 1420. The number of aromatic nitrogens is 1. The van der Waals surface area contributed by atoms with Crippen molar-refractivity contribution < 1.29 is 33.8 Å². The molecule has 1 aromatic heterocycles. The number of carbonyl (C=O) groups excluding carboxylic acids is 3. The van der Waals surface area contributed by atoms with Gasteiger partial charge in [0.1, 0.15) is 29.6 Å². The molecule has 3 rings (SSSR count). The Kier molecular flexibility index (Phi) is 16.5. The maximum atomic E-state index is 13.8. The van der Waals surface area contributed by atoms with Crippen LogP contribution in [0.1, 0.15) is 93.4 Å². The van der Waals surface area contributed by atoms with Crippen molar-refractivity contribution >= 4 is 35.0 Å². The van der Waals surface area contributed by atoms with Gasteiger partial charge in [0.25, 0.3) is 5.91 Å². The van der Waals surface area contributed by atoms with E-state index in [2.05, 4.69) is 27.5 Å². The molecule has 0 saturated carbocycles. The Morgan fingerprint density at radius 2 is 1.82 bits per heavy atom. The van der Waals surface area contributed by atoms with Crippen LogP contribution in [-0.2, 0) is 30.3 Å². The third-order valence-electron chi connectivity index (χ3n) is 9.36. The number of ether oxygens (including phenoxy) is 2. The Hall–Kier alpha value is -3.65. The van der Waals surface area contributed by atoms with Gasteiger partial charge in [0.05, 0.1) is 18.0 Å². The second-order valence-corrected chi connectivity index (χ2v) is 14.4. The summed E-state index contributed by atoms with van der Waals surface area (Å²) in [4.78, 5) is 58.8. The zero-order valence-corrected chi connectivity index (χ0v) is 31.1. The molecule has 7 atom stereocenters. The number of carboxylic acids is 1. The van der Waals surface area contributed by atoms with Gasteiger partial charge in [-0.1, -0.05) is 76.1 Å².